The van der Waals surface area contributed by atoms with Crippen LogP contribution < -0.4 is 9.47 Å². The molecule has 1 aromatic carbocycles. The van der Waals surface area contributed by atoms with Crippen LogP contribution in [0, 0.1) is 0 Å². The van der Waals surface area contributed by atoms with Gasteiger partial charge in [-0.15, -0.1) is 8.78 Å². The second-order valence-electron chi connectivity index (χ2n) is 4.29. The largest absolute Gasteiger partial charge is 0.586 e. The van der Waals surface area contributed by atoms with Gasteiger partial charge < -0.3 is 14.6 Å². The van der Waals surface area contributed by atoms with Crippen molar-refractivity contribution < 1.29 is 28.2 Å². The molecule has 0 saturated carbocycles. The number of ether oxygens (including phenoxy) is 2. The number of halogens is 3. The molecule has 9 heteroatoms. The maximum absolute atomic E-state index is 13.0. The molecule has 0 atom stereocenters. The molecule has 0 bridgehead atoms. The second kappa shape index (κ2) is 4.32. The first-order valence-electron chi connectivity index (χ1n) is 5.64. The third-order valence-corrected chi connectivity index (χ3v) is 3.18. The van der Waals surface area contributed by atoms with Gasteiger partial charge in [-0.25, -0.2) is 4.79 Å². The standard InChI is InChI=1S/C12H7ClF2N2O4/c1-17-8(4-7(16-17)11(18)19)5-2-9-10(3-6(5)13)21-12(14,15)20-9/h2-4H,1H3,(H,18,19). The van der Waals surface area contributed by atoms with Gasteiger partial charge in [0.2, 0.25) is 0 Å². The SMILES string of the molecule is Cn1nc(C(=O)O)cc1-c1cc2c(cc1Cl)OC(F)(F)O2. The maximum atomic E-state index is 13.0. The zero-order valence-corrected chi connectivity index (χ0v) is 11.2. The molecule has 0 spiro atoms. The Hall–Kier alpha value is -2.35. The molecule has 2 aromatic rings. The van der Waals surface area contributed by atoms with Gasteiger partial charge >= 0.3 is 12.3 Å². The highest BCUT2D eigenvalue weighted by atomic mass is 35.5. The first-order chi connectivity index (χ1) is 9.77. The zero-order chi connectivity index (χ0) is 15.4. The molecule has 2 heterocycles. The van der Waals surface area contributed by atoms with Gasteiger partial charge in [0, 0.05) is 18.7 Å². The van der Waals surface area contributed by atoms with Crippen LogP contribution in [0.4, 0.5) is 8.78 Å². The van der Waals surface area contributed by atoms with Gasteiger partial charge in [-0.05, 0) is 12.1 Å². The van der Waals surface area contributed by atoms with E-state index in [0.29, 0.717) is 11.3 Å². The molecular weight excluding hydrogens is 310 g/mol. The molecular formula is C12H7ClF2N2O4. The van der Waals surface area contributed by atoms with E-state index in [0.717, 1.165) is 0 Å². The molecule has 0 radical (unpaired) electrons. The number of carboxylic acids is 1. The van der Waals surface area contributed by atoms with Crippen LogP contribution in [-0.4, -0.2) is 27.2 Å². The lowest BCUT2D eigenvalue weighted by Crippen LogP contribution is -2.25. The van der Waals surface area contributed by atoms with Crippen molar-refractivity contribution in [1.82, 2.24) is 9.78 Å². The molecule has 1 N–H and O–H groups in total. The van der Waals surface area contributed by atoms with Crippen LogP contribution in [0.3, 0.4) is 0 Å². The first-order valence-corrected chi connectivity index (χ1v) is 6.02. The summed E-state index contributed by atoms with van der Waals surface area (Å²) >= 11 is 6.03. The zero-order valence-electron chi connectivity index (χ0n) is 10.4. The lowest BCUT2D eigenvalue weighted by Gasteiger charge is -2.05. The Balaban J connectivity index is 2.11. The fourth-order valence-corrected chi connectivity index (χ4v) is 2.24. The van der Waals surface area contributed by atoms with E-state index < -0.39 is 12.3 Å². The molecule has 0 fully saturated rings. The van der Waals surface area contributed by atoms with Crippen molar-refractivity contribution in [3.63, 3.8) is 0 Å². The lowest BCUT2D eigenvalue weighted by molar-refractivity contribution is -0.286. The summed E-state index contributed by atoms with van der Waals surface area (Å²) in [5.41, 5.74) is 0.463. The van der Waals surface area contributed by atoms with Crippen molar-refractivity contribution in [3.8, 4) is 22.8 Å². The Morgan fingerprint density at radius 2 is 1.95 bits per heavy atom. The highest BCUT2D eigenvalue weighted by Gasteiger charge is 2.44. The monoisotopic (exact) mass is 316 g/mol. The topological polar surface area (TPSA) is 73.6 Å². The van der Waals surface area contributed by atoms with Crippen molar-refractivity contribution in [2.75, 3.05) is 0 Å². The molecule has 6 nitrogen and oxygen atoms in total. The van der Waals surface area contributed by atoms with Crippen LogP contribution in [0.2, 0.25) is 5.02 Å². The number of alkyl halides is 2. The van der Waals surface area contributed by atoms with Gasteiger partial charge in [-0.3, -0.25) is 4.68 Å². The van der Waals surface area contributed by atoms with E-state index in [9.17, 15) is 13.6 Å². The molecule has 0 unspecified atom stereocenters. The fraction of sp³-hybridized carbons (Fsp3) is 0.167. The predicted molar refractivity (Wildman–Crippen MR) is 66.8 cm³/mol. The first kappa shape index (κ1) is 13.6. The Kier molecular flexibility index (Phi) is 2.80. The van der Waals surface area contributed by atoms with Crippen molar-refractivity contribution in [3.05, 3.63) is 28.9 Å². The third-order valence-electron chi connectivity index (χ3n) is 2.87. The summed E-state index contributed by atoms with van der Waals surface area (Å²) in [5.74, 6) is -1.58. The molecule has 1 aliphatic rings. The highest BCUT2D eigenvalue weighted by molar-refractivity contribution is 6.33. The number of benzene rings is 1. The molecule has 110 valence electrons. The van der Waals surface area contributed by atoms with Crippen LogP contribution in [0.1, 0.15) is 10.5 Å². The summed E-state index contributed by atoms with van der Waals surface area (Å²) in [7, 11) is 1.51. The van der Waals surface area contributed by atoms with Gasteiger partial charge in [-0.1, -0.05) is 11.6 Å². The summed E-state index contributed by atoms with van der Waals surface area (Å²) in [6.07, 6.45) is -3.75. The average Bonchev–Trinajstić information content (AvgIpc) is 2.87. The number of carbonyl (C=O) groups is 1. The molecule has 3 rings (SSSR count). The Labute approximate surface area is 121 Å². The van der Waals surface area contributed by atoms with Crippen LogP contribution in [-0.2, 0) is 7.05 Å². The van der Waals surface area contributed by atoms with E-state index in [-0.39, 0.29) is 22.2 Å². The van der Waals surface area contributed by atoms with Gasteiger partial charge in [0.05, 0.1) is 10.7 Å². The summed E-state index contributed by atoms with van der Waals surface area (Å²) in [6, 6.07) is 3.71. The lowest BCUT2D eigenvalue weighted by atomic mass is 10.1. The van der Waals surface area contributed by atoms with E-state index in [4.69, 9.17) is 16.7 Å². The molecule has 1 aromatic heterocycles. The molecule has 1 aliphatic heterocycles. The van der Waals surface area contributed by atoms with E-state index in [1.807, 2.05) is 0 Å². The summed E-state index contributed by atoms with van der Waals surface area (Å²) in [6.45, 7) is 0. The van der Waals surface area contributed by atoms with Crippen molar-refractivity contribution in [2.45, 2.75) is 6.29 Å². The number of hydrogen-bond donors (Lipinski definition) is 1. The summed E-state index contributed by atoms with van der Waals surface area (Å²) < 4.78 is 35.9. The van der Waals surface area contributed by atoms with Crippen molar-refractivity contribution in [1.29, 1.82) is 0 Å². The van der Waals surface area contributed by atoms with Crippen LogP contribution in [0.15, 0.2) is 18.2 Å². The number of fused-ring (bicyclic) bond motifs is 1. The van der Waals surface area contributed by atoms with Crippen LogP contribution in [0.25, 0.3) is 11.3 Å². The summed E-state index contributed by atoms with van der Waals surface area (Å²) in [4.78, 5) is 10.9. The molecule has 21 heavy (non-hydrogen) atoms. The summed E-state index contributed by atoms with van der Waals surface area (Å²) in [5, 5.41) is 12.8. The van der Waals surface area contributed by atoms with E-state index in [1.54, 1.807) is 0 Å². The van der Waals surface area contributed by atoms with Crippen LogP contribution in [0.5, 0.6) is 11.5 Å². The smallest absolute Gasteiger partial charge is 0.476 e. The number of carboxylic acid groups (broad SMARTS) is 1. The van der Waals surface area contributed by atoms with E-state index >= 15 is 0 Å². The highest BCUT2D eigenvalue weighted by Crippen LogP contribution is 2.46. The van der Waals surface area contributed by atoms with Gasteiger partial charge in [0.1, 0.15) is 0 Å². The van der Waals surface area contributed by atoms with Gasteiger partial charge in [0.15, 0.2) is 17.2 Å². The minimum Gasteiger partial charge on any atom is -0.476 e. The Morgan fingerprint density at radius 1 is 1.33 bits per heavy atom. The fourth-order valence-electron chi connectivity index (χ4n) is 1.99. The number of nitrogens with zero attached hydrogens (tertiary/aromatic N) is 2. The van der Waals surface area contributed by atoms with Crippen molar-refractivity contribution in [2.24, 2.45) is 7.05 Å². The Morgan fingerprint density at radius 3 is 2.52 bits per heavy atom. The molecule has 0 amide bonds. The van der Waals surface area contributed by atoms with Gasteiger partial charge in [0.25, 0.3) is 0 Å². The molecule has 0 aliphatic carbocycles. The molecule has 0 saturated heterocycles. The predicted octanol–water partition coefficient (Wildman–Crippen LogP) is 2.76. The quantitative estimate of drug-likeness (QED) is 0.922. The number of rotatable bonds is 2. The van der Waals surface area contributed by atoms with Crippen molar-refractivity contribution >= 4 is 17.6 Å². The van der Waals surface area contributed by atoms with E-state index in [1.165, 1.54) is 29.9 Å². The maximum Gasteiger partial charge on any atom is 0.586 e. The normalized spacial score (nSPS) is 15.2. The van der Waals surface area contributed by atoms with Gasteiger partial charge in [-0.2, -0.15) is 5.10 Å². The Bertz CT molecular complexity index is 760. The second-order valence-corrected chi connectivity index (χ2v) is 4.70. The number of hydrogen-bond acceptors (Lipinski definition) is 4. The van der Waals surface area contributed by atoms with E-state index in [2.05, 4.69) is 14.6 Å². The number of aromatic carboxylic acids is 1. The third kappa shape index (κ3) is 2.27. The average molecular weight is 317 g/mol. The number of aryl methyl sites for hydroxylation is 1. The van der Waals surface area contributed by atoms with Crippen LogP contribution >= 0.6 is 11.6 Å². The minimum absolute atomic E-state index is 0.106. The minimum atomic E-state index is -3.75. The number of aromatic nitrogens is 2.